The molecule has 0 spiro atoms. The molecule has 0 atom stereocenters. The van der Waals surface area contributed by atoms with Crippen LogP contribution in [0.25, 0.3) is 11.0 Å². The first-order valence-corrected chi connectivity index (χ1v) is 9.54. The Bertz CT molecular complexity index is 974. The van der Waals surface area contributed by atoms with E-state index in [-0.39, 0.29) is 0 Å². The van der Waals surface area contributed by atoms with E-state index in [1.165, 1.54) is 16.6 Å². The average Bonchev–Trinajstić information content (AvgIpc) is 3.14. The number of rotatable bonds is 8. The van der Waals surface area contributed by atoms with E-state index in [9.17, 15) is 0 Å². The fourth-order valence-electron chi connectivity index (χ4n) is 3.30. The van der Waals surface area contributed by atoms with Crippen LogP contribution in [-0.4, -0.2) is 16.2 Å². The summed E-state index contributed by atoms with van der Waals surface area (Å²) in [5.41, 5.74) is 4.92. The Morgan fingerprint density at radius 2 is 1.48 bits per heavy atom. The maximum Gasteiger partial charge on any atom is 0.119 e. The molecule has 3 aromatic carbocycles. The molecule has 0 bridgehead atoms. The van der Waals surface area contributed by atoms with Crippen LogP contribution in [0.3, 0.4) is 0 Å². The molecule has 0 radical (unpaired) electrons. The number of aromatic nitrogens is 2. The zero-order chi connectivity index (χ0) is 18.3. The van der Waals surface area contributed by atoms with Crippen LogP contribution in [0, 0.1) is 0 Å². The van der Waals surface area contributed by atoms with E-state index in [2.05, 4.69) is 82.3 Å². The van der Waals surface area contributed by atoms with Crippen molar-refractivity contribution < 1.29 is 4.74 Å². The third-order valence-corrected chi connectivity index (χ3v) is 4.81. The molecule has 1 aromatic heterocycles. The minimum Gasteiger partial charge on any atom is -0.494 e. The summed E-state index contributed by atoms with van der Waals surface area (Å²) in [7, 11) is 0. The van der Waals surface area contributed by atoms with Crippen molar-refractivity contribution >= 4 is 11.0 Å². The second-order valence-electron chi connectivity index (χ2n) is 6.76. The van der Waals surface area contributed by atoms with Crippen molar-refractivity contribution in [1.82, 2.24) is 9.55 Å². The summed E-state index contributed by atoms with van der Waals surface area (Å²) >= 11 is 0. The second-order valence-corrected chi connectivity index (χ2v) is 6.76. The Labute approximate surface area is 160 Å². The Kier molecular flexibility index (Phi) is 5.49. The smallest absolute Gasteiger partial charge is 0.119 e. The van der Waals surface area contributed by atoms with Crippen LogP contribution in [0.4, 0.5) is 0 Å². The third kappa shape index (κ3) is 4.56. The van der Waals surface area contributed by atoms with Gasteiger partial charge in [0.25, 0.3) is 0 Å². The van der Waals surface area contributed by atoms with Gasteiger partial charge < -0.3 is 9.30 Å². The first-order valence-electron chi connectivity index (χ1n) is 9.54. The highest BCUT2D eigenvalue weighted by Crippen LogP contribution is 2.16. The minimum absolute atomic E-state index is 0.745. The van der Waals surface area contributed by atoms with E-state index in [0.29, 0.717) is 0 Å². The van der Waals surface area contributed by atoms with Crippen molar-refractivity contribution in [2.75, 3.05) is 6.61 Å². The summed E-state index contributed by atoms with van der Waals surface area (Å²) in [5, 5.41) is 0. The van der Waals surface area contributed by atoms with Crippen molar-refractivity contribution in [2.24, 2.45) is 0 Å². The highest BCUT2D eigenvalue weighted by molar-refractivity contribution is 5.74. The largest absolute Gasteiger partial charge is 0.494 e. The van der Waals surface area contributed by atoms with Gasteiger partial charge in [-0.1, -0.05) is 54.6 Å². The zero-order valence-corrected chi connectivity index (χ0v) is 15.4. The number of hydrogen-bond donors (Lipinski definition) is 0. The van der Waals surface area contributed by atoms with Crippen molar-refractivity contribution in [1.29, 1.82) is 0 Å². The molecule has 136 valence electrons. The van der Waals surface area contributed by atoms with Gasteiger partial charge in [-0.2, -0.15) is 0 Å². The molecule has 0 N–H and O–H groups in total. The van der Waals surface area contributed by atoms with Crippen LogP contribution in [0.5, 0.6) is 5.75 Å². The molecule has 27 heavy (non-hydrogen) atoms. The summed E-state index contributed by atoms with van der Waals surface area (Å²) in [6.07, 6.45) is 4.99. The van der Waals surface area contributed by atoms with Crippen LogP contribution < -0.4 is 4.74 Å². The molecule has 0 fully saturated rings. The van der Waals surface area contributed by atoms with Gasteiger partial charge in [-0.05, 0) is 54.7 Å². The van der Waals surface area contributed by atoms with E-state index in [1.54, 1.807) is 0 Å². The molecule has 4 rings (SSSR count). The third-order valence-electron chi connectivity index (χ3n) is 4.81. The lowest BCUT2D eigenvalue weighted by Gasteiger charge is -2.08. The molecular weight excluding hydrogens is 332 g/mol. The number of ether oxygens (including phenoxy) is 1. The van der Waals surface area contributed by atoms with Gasteiger partial charge in [0.1, 0.15) is 5.75 Å². The molecule has 3 heteroatoms. The molecule has 0 amide bonds. The highest BCUT2D eigenvalue weighted by Gasteiger charge is 2.02. The minimum atomic E-state index is 0.745. The molecule has 0 aliphatic rings. The Balaban J connectivity index is 1.25. The van der Waals surface area contributed by atoms with E-state index in [0.717, 1.165) is 43.7 Å². The number of fused-ring (bicyclic) bond motifs is 1. The van der Waals surface area contributed by atoms with E-state index in [1.807, 2.05) is 12.4 Å². The van der Waals surface area contributed by atoms with Crippen LogP contribution in [0.15, 0.2) is 85.2 Å². The van der Waals surface area contributed by atoms with Gasteiger partial charge >= 0.3 is 0 Å². The lowest BCUT2D eigenvalue weighted by Crippen LogP contribution is -2.01. The first kappa shape index (κ1) is 17.3. The zero-order valence-electron chi connectivity index (χ0n) is 15.4. The average molecular weight is 356 g/mol. The molecule has 0 aliphatic heterocycles. The SMILES string of the molecule is c1ccc(CCCOc2ccc(CCn3cnc4ccccc43)cc2)cc1. The maximum absolute atomic E-state index is 5.88. The number of benzene rings is 3. The molecular formula is C24H24N2O. The van der Waals surface area contributed by atoms with Crippen molar-refractivity contribution in [2.45, 2.75) is 25.8 Å². The normalized spacial score (nSPS) is 11.0. The van der Waals surface area contributed by atoms with Crippen LogP contribution in [-0.2, 0) is 19.4 Å². The predicted octanol–water partition coefficient (Wildman–Crippen LogP) is 5.29. The summed E-state index contributed by atoms with van der Waals surface area (Å²) in [4.78, 5) is 4.45. The standard InChI is InChI=1S/C24H24N2O/c1-2-7-20(8-3-1)9-6-18-27-22-14-12-21(13-15-22)16-17-26-19-25-23-10-4-5-11-24(23)26/h1-5,7-8,10-15,19H,6,9,16-18H2. The lowest BCUT2D eigenvalue weighted by molar-refractivity contribution is 0.311. The summed E-state index contributed by atoms with van der Waals surface area (Å²) < 4.78 is 8.09. The number of imidazole rings is 1. The van der Waals surface area contributed by atoms with Crippen LogP contribution in [0.1, 0.15) is 17.5 Å². The number of hydrogen-bond acceptors (Lipinski definition) is 2. The fourth-order valence-corrected chi connectivity index (χ4v) is 3.30. The van der Waals surface area contributed by atoms with Crippen molar-refractivity contribution in [3.8, 4) is 5.75 Å². The van der Waals surface area contributed by atoms with Gasteiger partial charge in [-0.3, -0.25) is 0 Å². The second kappa shape index (κ2) is 8.54. The van der Waals surface area contributed by atoms with Crippen molar-refractivity contribution in [3.63, 3.8) is 0 Å². The van der Waals surface area contributed by atoms with Crippen molar-refractivity contribution in [3.05, 3.63) is 96.3 Å². The number of aryl methyl sites for hydroxylation is 3. The lowest BCUT2D eigenvalue weighted by atomic mass is 10.1. The molecule has 0 unspecified atom stereocenters. The van der Waals surface area contributed by atoms with Crippen LogP contribution in [0.2, 0.25) is 0 Å². The van der Waals surface area contributed by atoms with Gasteiger partial charge in [-0.15, -0.1) is 0 Å². The van der Waals surface area contributed by atoms with E-state index in [4.69, 9.17) is 4.74 Å². The van der Waals surface area contributed by atoms with Gasteiger partial charge in [-0.25, -0.2) is 4.98 Å². The predicted molar refractivity (Wildman–Crippen MR) is 110 cm³/mol. The Hall–Kier alpha value is -3.07. The summed E-state index contributed by atoms with van der Waals surface area (Å²) in [6, 6.07) is 27.3. The van der Waals surface area contributed by atoms with Gasteiger partial charge in [0.15, 0.2) is 0 Å². The summed E-state index contributed by atoms with van der Waals surface area (Å²) in [6.45, 7) is 1.67. The molecule has 3 nitrogen and oxygen atoms in total. The molecule has 0 saturated carbocycles. The fraction of sp³-hybridized carbons (Fsp3) is 0.208. The molecule has 1 heterocycles. The van der Waals surface area contributed by atoms with E-state index >= 15 is 0 Å². The first-order chi connectivity index (χ1) is 13.4. The quantitative estimate of drug-likeness (QED) is 0.401. The highest BCUT2D eigenvalue weighted by atomic mass is 16.5. The maximum atomic E-state index is 5.88. The monoisotopic (exact) mass is 356 g/mol. The van der Waals surface area contributed by atoms with Gasteiger partial charge in [0.05, 0.1) is 24.0 Å². The topological polar surface area (TPSA) is 27.1 Å². The van der Waals surface area contributed by atoms with E-state index < -0.39 is 0 Å². The van der Waals surface area contributed by atoms with Gasteiger partial charge in [0.2, 0.25) is 0 Å². The van der Waals surface area contributed by atoms with Crippen LogP contribution >= 0.6 is 0 Å². The Morgan fingerprint density at radius 3 is 2.33 bits per heavy atom. The Morgan fingerprint density at radius 1 is 0.741 bits per heavy atom. The van der Waals surface area contributed by atoms with Gasteiger partial charge in [0, 0.05) is 6.54 Å². The summed E-state index contributed by atoms with van der Waals surface area (Å²) in [5.74, 6) is 0.944. The molecule has 0 aliphatic carbocycles. The number of nitrogens with zero attached hydrogens (tertiary/aromatic N) is 2. The molecule has 0 saturated heterocycles. The number of para-hydroxylation sites is 2. The molecule has 4 aromatic rings.